The normalized spacial score (nSPS) is 15.3. The van der Waals surface area contributed by atoms with Crippen LogP contribution in [0.25, 0.3) is 0 Å². The molecule has 0 radical (unpaired) electrons. The summed E-state index contributed by atoms with van der Waals surface area (Å²) in [5.74, 6) is -1.22. The van der Waals surface area contributed by atoms with Crippen molar-refractivity contribution >= 4 is 5.97 Å². The second-order valence-corrected chi connectivity index (χ2v) is 3.03. The predicted molar refractivity (Wildman–Crippen MR) is 47.2 cm³/mol. The molecule has 2 atom stereocenters. The fraction of sp³-hybridized carbons (Fsp3) is 0.500. The van der Waals surface area contributed by atoms with Gasteiger partial charge in [-0.25, -0.2) is 0 Å². The molecule has 0 aliphatic heterocycles. The lowest BCUT2D eigenvalue weighted by atomic mass is 9.99. The summed E-state index contributed by atoms with van der Waals surface area (Å²) >= 11 is 0. The number of nitrogens with two attached hydrogens (primary N) is 1. The summed E-state index contributed by atoms with van der Waals surface area (Å²) in [4.78, 5) is 10.6. The Morgan fingerprint density at radius 2 is 2.38 bits per heavy atom. The predicted octanol–water partition coefficient (Wildman–Crippen LogP) is -0.0645. The van der Waals surface area contributed by atoms with Crippen molar-refractivity contribution in [2.75, 3.05) is 0 Å². The summed E-state index contributed by atoms with van der Waals surface area (Å²) in [6.45, 7) is 1.77. The number of nitrogens with zero attached hydrogens (tertiary/aromatic N) is 2. The van der Waals surface area contributed by atoms with Gasteiger partial charge in [0.2, 0.25) is 0 Å². The Balaban J connectivity index is 2.85. The van der Waals surface area contributed by atoms with Crippen molar-refractivity contribution in [1.29, 1.82) is 0 Å². The Morgan fingerprint density at radius 1 is 1.77 bits per heavy atom. The molecule has 0 bridgehead atoms. The molecule has 1 aromatic rings. The monoisotopic (exact) mass is 183 g/mol. The number of carboxylic acids is 1. The third kappa shape index (κ3) is 1.86. The molecule has 0 amide bonds. The van der Waals surface area contributed by atoms with Crippen LogP contribution in [0.1, 0.15) is 18.5 Å². The maximum absolute atomic E-state index is 10.6. The fourth-order valence-electron chi connectivity index (χ4n) is 1.23. The van der Waals surface area contributed by atoms with Gasteiger partial charge in [0.1, 0.15) is 6.04 Å². The minimum atomic E-state index is -0.992. The number of hydrogen-bond acceptors (Lipinski definition) is 3. The van der Waals surface area contributed by atoms with Gasteiger partial charge in [-0.3, -0.25) is 9.48 Å². The lowest BCUT2D eigenvalue weighted by Crippen LogP contribution is -2.36. The average Bonchev–Trinajstić information content (AvgIpc) is 2.48. The minimum Gasteiger partial charge on any atom is -0.480 e. The zero-order valence-corrected chi connectivity index (χ0v) is 7.64. The van der Waals surface area contributed by atoms with Crippen LogP contribution in [0, 0.1) is 0 Å². The van der Waals surface area contributed by atoms with Crippen LogP contribution in [-0.4, -0.2) is 26.9 Å². The Bertz CT molecular complexity index is 308. The molecule has 1 heterocycles. The first-order valence-electron chi connectivity index (χ1n) is 4.00. The summed E-state index contributed by atoms with van der Waals surface area (Å²) in [7, 11) is 1.76. The molecule has 0 aliphatic carbocycles. The van der Waals surface area contributed by atoms with Crippen LogP contribution in [0.15, 0.2) is 12.3 Å². The minimum absolute atomic E-state index is 0.231. The molecule has 3 N–H and O–H groups in total. The van der Waals surface area contributed by atoms with Crippen molar-refractivity contribution in [3.63, 3.8) is 0 Å². The lowest BCUT2D eigenvalue weighted by Gasteiger charge is -2.15. The molecule has 1 rings (SSSR count). The van der Waals surface area contributed by atoms with E-state index in [0.717, 1.165) is 5.69 Å². The molecule has 0 saturated heterocycles. The van der Waals surface area contributed by atoms with Crippen LogP contribution in [0.5, 0.6) is 0 Å². The van der Waals surface area contributed by atoms with Gasteiger partial charge in [-0.2, -0.15) is 5.10 Å². The zero-order valence-electron chi connectivity index (χ0n) is 7.64. The van der Waals surface area contributed by atoms with Crippen molar-refractivity contribution in [2.24, 2.45) is 12.8 Å². The topological polar surface area (TPSA) is 81.1 Å². The Morgan fingerprint density at radius 3 is 2.77 bits per heavy atom. The van der Waals surface area contributed by atoms with E-state index in [2.05, 4.69) is 5.10 Å². The molecule has 0 fully saturated rings. The molecule has 0 aromatic carbocycles. The standard InChI is InChI=1S/C8H13N3O2/c1-5(7(9)8(12)13)6-3-4-10-11(6)2/h3-5,7H,9H2,1-2H3,(H,12,13). The first-order chi connectivity index (χ1) is 6.04. The third-order valence-electron chi connectivity index (χ3n) is 2.15. The summed E-state index contributed by atoms with van der Waals surface area (Å²) in [5.41, 5.74) is 6.31. The fourth-order valence-corrected chi connectivity index (χ4v) is 1.23. The van der Waals surface area contributed by atoms with E-state index in [0.29, 0.717) is 0 Å². The molecule has 5 heteroatoms. The average molecular weight is 183 g/mol. The largest absolute Gasteiger partial charge is 0.480 e. The van der Waals surface area contributed by atoms with Crippen molar-refractivity contribution in [3.8, 4) is 0 Å². The second kappa shape index (κ2) is 3.57. The van der Waals surface area contributed by atoms with Gasteiger partial charge < -0.3 is 10.8 Å². The van der Waals surface area contributed by atoms with Crippen LogP contribution in [0.4, 0.5) is 0 Å². The van der Waals surface area contributed by atoms with E-state index >= 15 is 0 Å². The number of carboxylic acid groups (broad SMARTS) is 1. The second-order valence-electron chi connectivity index (χ2n) is 3.03. The van der Waals surface area contributed by atoms with Crippen LogP contribution < -0.4 is 5.73 Å². The maximum Gasteiger partial charge on any atom is 0.321 e. The van der Waals surface area contributed by atoms with Gasteiger partial charge in [-0.05, 0) is 6.07 Å². The van der Waals surface area contributed by atoms with Crippen LogP contribution >= 0.6 is 0 Å². The van der Waals surface area contributed by atoms with Crippen LogP contribution in [-0.2, 0) is 11.8 Å². The molecular weight excluding hydrogens is 170 g/mol. The molecule has 13 heavy (non-hydrogen) atoms. The van der Waals surface area contributed by atoms with Gasteiger partial charge in [0, 0.05) is 24.9 Å². The SMILES string of the molecule is CC(c1ccnn1C)C(N)C(=O)O. The van der Waals surface area contributed by atoms with Gasteiger partial charge in [0.05, 0.1) is 0 Å². The quantitative estimate of drug-likeness (QED) is 0.687. The van der Waals surface area contributed by atoms with E-state index in [9.17, 15) is 4.79 Å². The van der Waals surface area contributed by atoms with E-state index in [-0.39, 0.29) is 5.92 Å². The zero-order chi connectivity index (χ0) is 10.0. The smallest absolute Gasteiger partial charge is 0.321 e. The lowest BCUT2D eigenvalue weighted by molar-refractivity contribution is -0.139. The number of aryl methyl sites for hydroxylation is 1. The third-order valence-corrected chi connectivity index (χ3v) is 2.15. The highest BCUT2D eigenvalue weighted by molar-refractivity contribution is 5.74. The van der Waals surface area contributed by atoms with Gasteiger partial charge >= 0.3 is 5.97 Å². The van der Waals surface area contributed by atoms with Crippen LogP contribution in [0.2, 0.25) is 0 Å². The number of rotatable bonds is 3. The van der Waals surface area contributed by atoms with Crippen molar-refractivity contribution in [2.45, 2.75) is 18.9 Å². The highest BCUT2D eigenvalue weighted by Gasteiger charge is 2.23. The maximum atomic E-state index is 10.6. The number of aliphatic carboxylic acids is 1. The summed E-state index contributed by atoms with van der Waals surface area (Å²) in [5, 5.41) is 12.6. The van der Waals surface area contributed by atoms with Crippen molar-refractivity contribution in [3.05, 3.63) is 18.0 Å². The first-order valence-corrected chi connectivity index (χ1v) is 4.00. The molecule has 0 aliphatic rings. The Hall–Kier alpha value is -1.36. The summed E-state index contributed by atoms with van der Waals surface area (Å²) in [6.07, 6.45) is 1.63. The van der Waals surface area contributed by atoms with Gasteiger partial charge in [-0.1, -0.05) is 6.92 Å². The van der Waals surface area contributed by atoms with Crippen molar-refractivity contribution < 1.29 is 9.90 Å². The van der Waals surface area contributed by atoms with Gasteiger partial charge in [0.15, 0.2) is 0 Å². The number of aromatic nitrogens is 2. The van der Waals surface area contributed by atoms with Gasteiger partial charge in [-0.15, -0.1) is 0 Å². The number of hydrogen-bond donors (Lipinski definition) is 2. The molecule has 1 aromatic heterocycles. The van der Waals surface area contributed by atoms with E-state index in [1.165, 1.54) is 0 Å². The Kier molecular flexibility index (Phi) is 2.67. The molecule has 0 saturated carbocycles. The molecular formula is C8H13N3O2. The van der Waals surface area contributed by atoms with Gasteiger partial charge in [0.25, 0.3) is 0 Å². The molecule has 5 nitrogen and oxygen atoms in total. The summed E-state index contributed by atoms with van der Waals surface area (Å²) in [6, 6.07) is 0.892. The highest BCUT2D eigenvalue weighted by Crippen LogP contribution is 2.16. The molecule has 2 unspecified atom stereocenters. The molecule has 0 spiro atoms. The first kappa shape index (κ1) is 9.73. The van der Waals surface area contributed by atoms with E-state index in [1.807, 2.05) is 0 Å². The molecule has 72 valence electrons. The van der Waals surface area contributed by atoms with E-state index in [4.69, 9.17) is 10.8 Å². The number of carbonyl (C=O) groups is 1. The Labute approximate surface area is 76.2 Å². The van der Waals surface area contributed by atoms with E-state index < -0.39 is 12.0 Å². The summed E-state index contributed by atoms with van der Waals surface area (Å²) < 4.78 is 1.63. The van der Waals surface area contributed by atoms with Crippen molar-refractivity contribution in [1.82, 2.24) is 9.78 Å². The highest BCUT2D eigenvalue weighted by atomic mass is 16.4. The van der Waals surface area contributed by atoms with E-state index in [1.54, 1.807) is 30.9 Å². The van der Waals surface area contributed by atoms with Crippen LogP contribution in [0.3, 0.4) is 0 Å².